The van der Waals surface area contributed by atoms with Gasteiger partial charge in [0.1, 0.15) is 5.75 Å². The zero-order valence-corrected chi connectivity index (χ0v) is 18.4. The molecule has 0 radical (unpaired) electrons. The number of amides is 2. The van der Waals surface area contributed by atoms with Crippen LogP contribution in [0.25, 0.3) is 0 Å². The fraction of sp³-hybridized carbons (Fsp3) is 0.652. The van der Waals surface area contributed by atoms with E-state index >= 15 is 0 Å². The van der Waals surface area contributed by atoms with Crippen LogP contribution < -0.4 is 15.4 Å². The molecule has 0 aliphatic carbocycles. The van der Waals surface area contributed by atoms with E-state index in [2.05, 4.69) is 29.4 Å². The van der Waals surface area contributed by atoms with Crippen LogP contribution in [0.3, 0.4) is 0 Å². The van der Waals surface area contributed by atoms with Crippen molar-refractivity contribution in [1.82, 2.24) is 15.5 Å². The molecule has 29 heavy (non-hydrogen) atoms. The van der Waals surface area contributed by atoms with E-state index in [0.717, 1.165) is 43.5 Å². The van der Waals surface area contributed by atoms with Gasteiger partial charge in [0, 0.05) is 30.3 Å². The second-order valence-corrected chi connectivity index (χ2v) is 8.56. The average Bonchev–Trinajstić information content (AvgIpc) is 2.66. The molecule has 6 nitrogen and oxygen atoms in total. The number of carbonyl (C=O) groups is 2. The number of hydrogen-bond donors (Lipinski definition) is 2. The van der Waals surface area contributed by atoms with E-state index in [-0.39, 0.29) is 17.9 Å². The monoisotopic (exact) mass is 403 g/mol. The van der Waals surface area contributed by atoms with Gasteiger partial charge in [0.15, 0.2) is 0 Å². The average molecular weight is 404 g/mol. The number of carbonyl (C=O) groups excluding carboxylic acids is 2. The molecular formula is C23H37N3O3. The maximum Gasteiger partial charge on any atom is 0.251 e. The Bertz CT molecular complexity index is 673. The van der Waals surface area contributed by atoms with Crippen molar-refractivity contribution in [3.05, 3.63) is 29.3 Å². The van der Waals surface area contributed by atoms with E-state index in [1.54, 1.807) is 0 Å². The molecule has 0 bridgehead atoms. The summed E-state index contributed by atoms with van der Waals surface area (Å²) in [6, 6.07) is 5.70. The third kappa shape index (κ3) is 8.05. The topological polar surface area (TPSA) is 70.7 Å². The van der Waals surface area contributed by atoms with Crippen LogP contribution in [-0.4, -0.2) is 49.0 Å². The van der Waals surface area contributed by atoms with E-state index in [1.165, 1.54) is 0 Å². The molecular weight excluding hydrogens is 366 g/mol. The quantitative estimate of drug-likeness (QED) is 0.791. The summed E-state index contributed by atoms with van der Waals surface area (Å²) in [7, 11) is 0. The predicted molar refractivity (Wildman–Crippen MR) is 116 cm³/mol. The van der Waals surface area contributed by atoms with Gasteiger partial charge < -0.3 is 15.4 Å². The Morgan fingerprint density at radius 3 is 2.69 bits per heavy atom. The fourth-order valence-corrected chi connectivity index (χ4v) is 3.37. The van der Waals surface area contributed by atoms with Crippen LogP contribution in [0.5, 0.6) is 5.75 Å². The lowest BCUT2D eigenvalue weighted by Crippen LogP contribution is -2.38. The van der Waals surface area contributed by atoms with Gasteiger partial charge in [-0.2, -0.15) is 0 Å². The van der Waals surface area contributed by atoms with Gasteiger partial charge in [-0.3, -0.25) is 14.5 Å². The molecule has 2 amide bonds. The summed E-state index contributed by atoms with van der Waals surface area (Å²) in [5.41, 5.74) is 1.49. The first-order valence-electron chi connectivity index (χ1n) is 10.9. The molecule has 0 saturated heterocycles. The Morgan fingerprint density at radius 1 is 1.17 bits per heavy atom. The summed E-state index contributed by atoms with van der Waals surface area (Å²) in [6.07, 6.45) is 3.86. The molecule has 6 heteroatoms. The number of benzene rings is 1. The summed E-state index contributed by atoms with van der Waals surface area (Å²) in [5.74, 6) is 1.23. The Labute approximate surface area is 175 Å². The van der Waals surface area contributed by atoms with E-state index < -0.39 is 0 Å². The van der Waals surface area contributed by atoms with Crippen molar-refractivity contribution in [2.75, 3.05) is 26.2 Å². The zero-order valence-electron chi connectivity index (χ0n) is 18.4. The normalized spacial score (nSPS) is 16.8. The van der Waals surface area contributed by atoms with Gasteiger partial charge in [-0.1, -0.05) is 19.9 Å². The number of ether oxygens (including phenoxy) is 1. The van der Waals surface area contributed by atoms with Crippen LogP contribution in [0.15, 0.2) is 18.2 Å². The number of rotatable bonds is 5. The molecule has 1 aliphatic heterocycles. The Hall–Kier alpha value is -2.08. The maximum atomic E-state index is 12.8. The summed E-state index contributed by atoms with van der Waals surface area (Å²) in [6.45, 7) is 11.2. The van der Waals surface area contributed by atoms with Crippen molar-refractivity contribution in [3.63, 3.8) is 0 Å². The van der Waals surface area contributed by atoms with Crippen molar-refractivity contribution in [2.24, 2.45) is 5.92 Å². The molecule has 0 fully saturated rings. The minimum atomic E-state index is -0.0990. The van der Waals surface area contributed by atoms with E-state index in [4.69, 9.17) is 4.74 Å². The Balaban J connectivity index is 2.35. The molecule has 2 N–H and O–H groups in total. The van der Waals surface area contributed by atoms with Gasteiger partial charge in [0.2, 0.25) is 5.91 Å². The highest BCUT2D eigenvalue weighted by Gasteiger charge is 2.21. The summed E-state index contributed by atoms with van der Waals surface area (Å²) in [5, 5.41) is 6.01. The number of nitrogens with one attached hydrogen (secondary N) is 2. The van der Waals surface area contributed by atoms with Gasteiger partial charge in [-0.15, -0.1) is 0 Å². The van der Waals surface area contributed by atoms with Crippen LogP contribution in [0, 0.1) is 5.92 Å². The third-order valence-corrected chi connectivity index (χ3v) is 4.97. The summed E-state index contributed by atoms with van der Waals surface area (Å²) in [4.78, 5) is 27.4. The van der Waals surface area contributed by atoms with Gasteiger partial charge in [0.25, 0.3) is 5.91 Å². The molecule has 0 saturated carbocycles. The van der Waals surface area contributed by atoms with Crippen LogP contribution in [0.1, 0.15) is 69.3 Å². The largest absolute Gasteiger partial charge is 0.493 e. The molecule has 2 rings (SSSR count). The molecule has 1 aromatic rings. The van der Waals surface area contributed by atoms with Crippen LogP contribution >= 0.6 is 0 Å². The standard InChI is InChI=1S/C23H37N3O3/c1-17(2)11-13-26-15-20-19(23(28)25-18(3)4)9-8-10-21(20)29-14-7-5-6-12-24-22(27)16-26/h8-10,17-18H,5-7,11-16H2,1-4H3,(H,24,27)(H,25,28). The molecule has 1 aromatic carbocycles. The Kier molecular flexibility index (Phi) is 9.45. The van der Waals surface area contributed by atoms with E-state index in [1.807, 2.05) is 32.0 Å². The number of nitrogens with zero attached hydrogens (tertiary/aromatic N) is 1. The second kappa shape index (κ2) is 11.8. The minimum Gasteiger partial charge on any atom is -0.493 e. The number of hydrogen-bond acceptors (Lipinski definition) is 4. The van der Waals surface area contributed by atoms with Crippen LogP contribution in [-0.2, 0) is 11.3 Å². The maximum absolute atomic E-state index is 12.8. The molecule has 1 heterocycles. The molecule has 1 aliphatic rings. The predicted octanol–water partition coefficient (Wildman–Crippen LogP) is 3.35. The summed E-state index contributed by atoms with van der Waals surface area (Å²) >= 11 is 0. The first-order chi connectivity index (χ1) is 13.9. The van der Waals surface area contributed by atoms with Crippen molar-refractivity contribution in [3.8, 4) is 5.75 Å². The summed E-state index contributed by atoms with van der Waals surface area (Å²) < 4.78 is 6.09. The molecule has 162 valence electrons. The van der Waals surface area contributed by atoms with Crippen LogP contribution in [0.2, 0.25) is 0 Å². The minimum absolute atomic E-state index is 0.0413. The van der Waals surface area contributed by atoms with E-state index in [9.17, 15) is 9.59 Å². The van der Waals surface area contributed by atoms with Crippen molar-refractivity contribution in [1.29, 1.82) is 0 Å². The molecule has 0 atom stereocenters. The zero-order chi connectivity index (χ0) is 21.2. The first-order valence-corrected chi connectivity index (χ1v) is 10.9. The lowest BCUT2D eigenvalue weighted by atomic mass is 10.0. The molecule has 0 spiro atoms. The highest BCUT2D eigenvalue weighted by Crippen LogP contribution is 2.25. The van der Waals surface area contributed by atoms with Crippen molar-refractivity contribution in [2.45, 2.75) is 66.0 Å². The highest BCUT2D eigenvalue weighted by molar-refractivity contribution is 5.96. The van der Waals surface area contributed by atoms with Crippen molar-refractivity contribution < 1.29 is 14.3 Å². The number of fused-ring (bicyclic) bond motifs is 1. The lowest BCUT2D eigenvalue weighted by molar-refractivity contribution is -0.122. The van der Waals surface area contributed by atoms with Gasteiger partial charge >= 0.3 is 0 Å². The van der Waals surface area contributed by atoms with Crippen LogP contribution in [0.4, 0.5) is 0 Å². The molecule has 0 unspecified atom stereocenters. The first kappa shape index (κ1) is 23.2. The fourth-order valence-electron chi connectivity index (χ4n) is 3.37. The van der Waals surface area contributed by atoms with Gasteiger partial charge in [0.05, 0.1) is 13.2 Å². The van der Waals surface area contributed by atoms with Gasteiger partial charge in [-0.25, -0.2) is 0 Å². The highest BCUT2D eigenvalue weighted by atomic mass is 16.5. The SMILES string of the molecule is CC(C)CCN1CC(=O)NCCCCCOc2cccc(C(=O)NC(C)C)c2C1. The van der Waals surface area contributed by atoms with Gasteiger partial charge in [-0.05, 0) is 64.1 Å². The van der Waals surface area contributed by atoms with Crippen molar-refractivity contribution >= 4 is 11.8 Å². The second-order valence-electron chi connectivity index (χ2n) is 8.56. The molecule has 0 aromatic heterocycles. The van der Waals surface area contributed by atoms with E-state index in [0.29, 0.717) is 37.7 Å². The third-order valence-electron chi connectivity index (χ3n) is 4.97. The Morgan fingerprint density at radius 2 is 1.97 bits per heavy atom. The smallest absolute Gasteiger partial charge is 0.251 e. The lowest BCUT2D eigenvalue weighted by Gasteiger charge is -2.25.